The third-order valence-electron chi connectivity index (χ3n) is 3.81. The molecule has 0 aromatic heterocycles. The molecule has 0 spiro atoms. The van der Waals surface area contributed by atoms with Crippen LogP contribution >= 0.6 is 0 Å². The monoisotopic (exact) mass is 305 g/mol. The van der Waals surface area contributed by atoms with Gasteiger partial charge in [-0.15, -0.1) is 0 Å². The molecule has 0 aliphatic carbocycles. The number of hydrogen-bond donors (Lipinski definition) is 2. The van der Waals surface area contributed by atoms with E-state index in [-0.39, 0.29) is 30.1 Å². The van der Waals surface area contributed by atoms with E-state index in [1.165, 1.54) is 0 Å². The van der Waals surface area contributed by atoms with Gasteiger partial charge in [-0.25, -0.2) is 0 Å². The number of carbonyl (C=O) groups excluding carboxylic acids is 2. The molecule has 0 heterocycles. The number of aliphatic hydroxyl groups excluding tert-OH is 1. The van der Waals surface area contributed by atoms with Crippen LogP contribution < -0.4 is 5.32 Å². The normalized spacial score (nSPS) is 13.0. The summed E-state index contributed by atoms with van der Waals surface area (Å²) in [5.41, 5.74) is 1.11. The van der Waals surface area contributed by atoms with Crippen molar-refractivity contribution in [2.75, 3.05) is 6.61 Å². The fourth-order valence-electron chi connectivity index (χ4n) is 2.20. The van der Waals surface area contributed by atoms with E-state index in [0.29, 0.717) is 12.0 Å². The van der Waals surface area contributed by atoms with Crippen LogP contribution in [-0.2, 0) is 4.79 Å². The highest BCUT2D eigenvalue weighted by molar-refractivity contribution is 5.97. The van der Waals surface area contributed by atoms with E-state index in [0.717, 1.165) is 5.56 Å². The Morgan fingerprint density at radius 2 is 1.68 bits per heavy atom. The molecule has 0 radical (unpaired) electrons. The Kier molecular flexibility index (Phi) is 6.30. The van der Waals surface area contributed by atoms with E-state index in [9.17, 15) is 9.59 Å². The number of hydrogen-bond acceptors (Lipinski definition) is 3. The third-order valence-corrected chi connectivity index (χ3v) is 3.81. The molecule has 0 aliphatic rings. The van der Waals surface area contributed by atoms with Crippen molar-refractivity contribution < 1.29 is 14.7 Å². The molecule has 1 atom stereocenters. The first-order valence-corrected chi connectivity index (χ1v) is 7.75. The Morgan fingerprint density at radius 1 is 1.14 bits per heavy atom. The number of aliphatic hydroxyl groups is 1. The molecular formula is C18H27NO3. The number of Topliss-reactive ketones (excluding diaryl/α,β-unsaturated/α-hetero) is 1. The Hall–Kier alpha value is -1.68. The number of amides is 1. The highest BCUT2D eigenvalue weighted by Crippen LogP contribution is 2.19. The standard InChI is InChI=1S/C18H27NO3/c1-12(2)16(21)15-8-6-14(7-9-15)13(3)17(22)19-18(4,5)10-11-20/h6-9,12-13,20H,10-11H2,1-5H3,(H,19,22). The Bertz CT molecular complexity index is 518. The molecule has 1 aromatic carbocycles. The van der Waals surface area contributed by atoms with Gasteiger partial charge < -0.3 is 10.4 Å². The SMILES string of the molecule is CC(C)C(=O)c1ccc(C(C)C(=O)NC(C)(C)CCO)cc1. The van der Waals surface area contributed by atoms with Crippen LogP contribution in [0.1, 0.15) is 62.9 Å². The zero-order valence-electron chi connectivity index (χ0n) is 14.1. The first-order chi connectivity index (χ1) is 10.2. The average molecular weight is 305 g/mol. The van der Waals surface area contributed by atoms with Gasteiger partial charge in [-0.2, -0.15) is 0 Å². The van der Waals surface area contributed by atoms with Crippen molar-refractivity contribution in [1.82, 2.24) is 5.32 Å². The van der Waals surface area contributed by atoms with Crippen molar-refractivity contribution in [2.45, 2.75) is 52.5 Å². The third kappa shape index (κ3) is 4.95. The molecular weight excluding hydrogens is 278 g/mol. The molecule has 4 heteroatoms. The van der Waals surface area contributed by atoms with Gasteiger partial charge in [0.05, 0.1) is 5.92 Å². The van der Waals surface area contributed by atoms with E-state index in [2.05, 4.69) is 5.32 Å². The zero-order valence-corrected chi connectivity index (χ0v) is 14.1. The number of benzene rings is 1. The van der Waals surface area contributed by atoms with E-state index >= 15 is 0 Å². The van der Waals surface area contributed by atoms with Gasteiger partial charge >= 0.3 is 0 Å². The summed E-state index contributed by atoms with van der Waals surface area (Å²) in [4.78, 5) is 24.2. The molecule has 4 nitrogen and oxygen atoms in total. The van der Waals surface area contributed by atoms with Crippen molar-refractivity contribution in [2.24, 2.45) is 5.92 Å². The van der Waals surface area contributed by atoms with Gasteiger partial charge in [0.15, 0.2) is 5.78 Å². The van der Waals surface area contributed by atoms with Gasteiger partial charge in [-0.3, -0.25) is 9.59 Å². The molecule has 0 bridgehead atoms. The molecule has 0 fully saturated rings. The lowest BCUT2D eigenvalue weighted by Crippen LogP contribution is -2.45. The summed E-state index contributed by atoms with van der Waals surface area (Å²) in [7, 11) is 0. The van der Waals surface area contributed by atoms with Crippen LogP contribution in [0.4, 0.5) is 0 Å². The van der Waals surface area contributed by atoms with E-state index in [1.54, 1.807) is 12.1 Å². The lowest BCUT2D eigenvalue weighted by Gasteiger charge is -2.27. The molecule has 122 valence electrons. The van der Waals surface area contributed by atoms with Crippen LogP contribution in [0.15, 0.2) is 24.3 Å². The van der Waals surface area contributed by atoms with Gasteiger partial charge in [-0.05, 0) is 32.8 Å². The summed E-state index contributed by atoms with van der Waals surface area (Å²) in [6.45, 7) is 9.39. The topological polar surface area (TPSA) is 66.4 Å². The van der Waals surface area contributed by atoms with Crippen molar-refractivity contribution in [3.8, 4) is 0 Å². The second kappa shape index (κ2) is 7.54. The van der Waals surface area contributed by atoms with E-state index in [4.69, 9.17) is 5.11 Å². The van der Waals surface area contributed by atoms with Gasteiger partial charge in [0, 0.05) is 23.6 Å². The van der Waals surface area contributed by atoms with Crippen LogP contribution in [0.5, 0.6) is 0 Å². The second-order valence-electron chi connectivity index (χ2n) is 6.71. The molecule has 0 aliphatic heterocycles. The van der Waals surface area contributed by atoms with Crippen LogP contribution in [0.25, 0.3) is 0 Å². The van der Waals surface area contributed by atoms with Crippen molar-refractivity contribution >= 4 is 11.7 Å². The Balaban J connectivity index is 2.79. The first kappa shape index (κ1) is 18.4. The summed E-state index contributed by atoms with van der Waals surface area (Å²) >= 11 is 0. The fourth-order valence-corrected chi connectivity index (χ4v) is 2.20. The smallest absolute Gasteiger partial charge is 0.227 e. The van der Waals surface area contributed by atoms with Crippen LogP contribution in [-0.4, -0.2) is 28.9 Å². The predicted octanol–water partition coefficient (Wildman–Crippen LogP) is 2.91. The quantitative estimate of drug-likeness (QED) is 0.761. The maximum absolute atomic E-state index is 12.3. The molecule has 1 amide bonds. The molecule has 0 saturated carbocycles. The average Bonchev–Trinajstić information content (AvgIpc) is 2.45. The lowest BCUT2D eigenvalue weighted by atomic mass is 9.94. The minimum absolute atomic E-state index is 0.0354. The number of ketones is 1. The second-order valence-corrected chi connectivity index (χ2v) is 6.71. The summed E-state index contributed by atoms with van der Waals surface area (Å²) in [6.07, 6.45) is 0.507. The fraction of sp³-hybridized carbons (Fsp3) is 0.556. The minimum Gasteiger partial charge on any atom is -0.396 e. The van der Waals surface area contributed by atoms with Gasteiger partial charge in [-0.1, -0.05) is 38.1 Å². The molecule has 1 rings (SSSR count). The largest absolute Gasteiger partial charge is 0.396 e. The van der Waals surface area contributed by atoms with Crippen molar-refractivity contribution in [3.63, 3.8) is 0 Å². The molecule has 1 unspecified atom stereocenters. The van der Waals surface area contributed by atoms with Gasteiger partial charge in [0.25, 0.3) is 0 Å². The highest BCUT2D eigenvalue weighted by atomic mass is 16.3. The van der Waals surface area contributed by atoms with Crippen LogP contribution in [0.3, 0.4) is 0 Å². The Labute approximate surface area is 132 Å². The number of carbonyl (C=O) groups is 2. The Morgan fingerprint density at radius 3 is 2.14 bits per heavy atom. The maximum Gasteiger partial charge on any atom is 0.227 e. The predicted molar refractivity (Wildman–Crippen MR) is 88.0 cm³/mol. The number of rotatable bonds is 7. The van der Waals surface area contributed by atoms with E-state index in [1.807, 2.05) is 46.8 Å². The summed E-state index contributed by atoms with van der Waals surface area (Å²) in [5, 5.41) is 12.0. The van der Waals surface area contributed by atoms with Crippen LogP contribution in [0, 0.1) is 5.92 Å². The molecule has 0 saturated heterocycles. The van der Waals surface area contributed by atoms with Crippen molar-refractivity contribution in [1.29, 1.82) is 0 Å². The summed E-state index contributed by atoms with van der Waals surface area (Å²) in [6, 6.07) is 7.22. The zero-order chi connectivity index (χ0) is 16.9. The summed E-state index contributed by atoms with van der Waals surface area (Å²) in [5.74, 6) is -0.318. The lowest BCUT2D eigenvalue weighted by molar-refractivity contribution is -0.123. The van der Waals surface area contributed by atoms with Crippen LogP contribution in [0.2, 0.25) is 0 Å². The molecule has 2 N–H and O–H groups in total. The van der Waals surface area contributed by atoms with Gasteiger partial charge in [0.2, 0.25) is 5.91 Å². The maximum atomic E-state index is 12.3. The van der Waals surface area contributed by atoms with Gasteiger partial charge in [0.1, 0.15) is 0 Å². The minimum atomic E-state index is -0.437. The summed E-state index contributed by atoms with van der Waals surface area (Å²) < 4.78 is 0. The number of nitrogens with one attached hydrogen (secondary N) is 1. The first-order valence-electron chi connectivity index (χ1n) is 7.75. The molecule has 22 heavy (non-hydrogen) atoms. The molecule has 1 aromatic rings. The van der Waals surface area contributed by atoms with E-state index < -0.39 is 5.54 Å². The highest BCUT2D eigenvalue weighted by Gasteiger charge is 2.24. The van der Waals surface area contributed by atoms with Crippen molar-refractivity contribution in [3.05, 3.63) is 35.4 Å².